The highest BCUT2D eigenvalue weighted by atomic mass is 16.5. The van der Waals surface area contributed by atoms with Gasteiger partial charge in [0.15, 0.2) is 5.96 Å². The monoisotopic (exact) mass is 267 g/mol. The van der Waals surface area contributed by atoms with Crippen LogP contribution in [0.1, 0.15) is 38.5 Å². The quantitative estimate of drug-likeness (QED) is 0.832. The molecule has 0 aromatic carbocycles. The normalized spacial score (nSPS) is 39.0. The summed E-state index contributed by atoms with van der Waals surface area (Å²) in [6.07, 6.45) is 7.58. The molecule has 108 valence electrons. The average Bonchev–Trinajstić information content (AvgIpc) is 3.04. The molecule has 5 nitrogen and oxygen atoms in total. The number of aliphatic imine (C=N–C) groups is 1. The van der Waals surface area contributed by atoms with Crippen LogP contribution in [0.2, 0.25) is 0 Å². The number of rotatable bonds is 3. The molecule has 2 heterocycles. The molecule has 3 atom stereocenters. The van der Waals surface area contributed by atoms with E-state index < -0.39 is 0 Å². The van der Waals surface area contributed by atoms with Gasteiger partial charge in [-0.2, -0.15) is 0 Å². The van der Waals surface area contributed by atoms with E-state index in [1.165, 1.54) is 12.8 Å². The van der Waals surface area contributed by atoms with Crippen LogP contribution in [0, 0.1) is 0 Å². The second kappa shape index (κ2) is 5.29. The SMILES string of the molecule is COC1CCCCC12CN=C(N)N2CC1CCCO1. The lowest BCUT2D eigenvalue weighted by Gasteiger charge is -2.47. The Bertz CT molecular complexity index is 355. The molecule has 1 saturated carbocycles. The Hall–Kier alpha value is -0.810. The Morgan fingerprint density at radius 2 is 2.32 bits per heavy atom. The third-order valence-electron chi connectivity index (χ3n) is 4.95. The first kappa shape index (κ1) is 13.2. The van der Waals surface area contributed by atoms with Crippen LogP contribution in [0.15, 0.2) is 4.99 Å². The van der Waals surface area contributed by atoms with E-state index in [0.29, 0.717) is 12.1 Å². The molecular formula is C14H25N3O2. The fourth-order valence-electron chi connectivity index (χ4n) is 3.90. The Labute approximate surface area is 115 Å². The van der Waals surface area contributed by atoms with Gasteiger partial charge >= 0.3 is 0 Å². The lowest BCUT2D eigenvalue weighted by atomic mass is 9.78. The Morgan fingerprint density at radius 1 is 1.42 bits per heavy atom. The molecule has 0 bridgehead atoms. The molecular weight excluding hydrogens is 242 g/mol. The van der Waals surface area contributed by atoms with Crippen molar-refractivity contribution in [2.24, 2.45) is 10.7 Å². The van der Waals surface area contributed by atoms with Gasteiger partial charge in [-0.15, -0.1) is 0 Å². The fourth-order valence-corrected chi connectivity index (χ4v) is 3.90. The largest absolute Gasteiger partial charge is 0.379 e. The number of methoxy groups -OCH3 is 1. The Balaban J connectivity index is 1.78. The number of hydrogen-bond donors (Lipinski definition) is 1. The van der Waals surface area contributed by atoms with Gasteiger partial charge in [0.05, 0.1) is 24.3 Å². The minimum atomic E-state index is -0.0109. The van der Waals surface area contributed by atoms with Gasteiger partial charge in [-0.3, -0.25) is 4.99 Å². The van der Waals surface area contributed by atoms with Crippen molar-refractivity contribution in [1.82, 2.24) is 4.90 Å². The van der Waals surface area contributed by atoms with E-state index in [9.17, 15) is 0 Å². The zero-order chi connectivity index (χ0) is 13.3. The molecule has 1 saturated heterocycles. The second-order valence-electron chi connectivity index (χ2n) is 5.99. The summed E-state index contributed by atoms with van der Waals surface area (Å²) in [5.74, 6) is 0.680. The zero-order valence-electron chi connectivity index (χ0n) is 11.8. The molecule has 2 N–H and O–H groups in total. The molecule has 1 aliphatic carbocycles. The minimum Gasteiger partial charge on any atom is -0.379 e. The maximum atomic E-state index is 6.14. The van der Waals surface area contributed by atoms with Gasteiger partial charge in [0, 0.05) is 20.3 Å². The van der Waals surface area contributed by atoms with Crippen LogP contribution >= 0.6 is 0 Å². The maximum Gasteiger partial charge on any atom is 0.192 e. The molecule has 2 aliphatic heterocycles. The fraction of sp³-hybridized carbons (Fsp3) is 0.929. The molecule has 0 aromatic heterocycles. The Morgan fingerprint density at radius 3 is 3.05 bits per heavy atom. The van der Waals surface area contributed by atoms with Crippen molar-refractivity contribution in [3.8, 4) is 0 Å². The van der Waals surface area contributed by atoms with Gasteiger partial charge < -0.3 is 20.1 Å². The van der Waals surface area contributed by atoms with E-state index in [1.807, 2.05) is 7.11 Å². The van der Waals surface area contributed by atoms with Crippen molar-refractivity contribution in [2.45, 2.75) is 56.3 Å². The summed E-state index contributed by atoms with van der Waals surface area (Å²) in [6.45, 7) is 2.54. The van der Waals surface area contributed by atoms with E-state index in [2.05, 4.69) is 9.89 Å². The van der Waals surface area contributed by atoms with Gasteiger partial charge in [0.25, 0.3) is 0 Å². The first-order valence-corrected chi connectivity index (χ1v) is 7.48. The molecule has 5 heteroatoms. The highest BCUT2D eigenvalue weighted by molar-refractivity contribution is 5.81. The van der Waals surface area contributed by atoms with Crippen LogP contribution in [-0.4, -0.2) is 55.4 Å². The number of nitrogens with two attached hydrogens (primary N) is 1. The van der Waals surface area contributed by atoms with Crippen LogP contribution in [0.4, 0.5) is 0 Å². The van der Waals surface area contributed by atoms with Crippen molar-refractivity contribution in [3.05, 3.63) is 0 Å². The molecule has 0 aromatic rings. The highest BCUT2D eigenvalue weighted by Gasteiger charge is 2.50. The van der Waals surface area contributed by atoms with Crippen LogP contribution in [0.3, 0.4) is 0 Å². The molecule has 3 aliphatic rings. The second-order valence-corrected chi connectivity index (χ2v) is 5.99. The molecule has 3 rings (SSSR count). The van der Waals surface area contributed by atoms with Crippen molar-refractivity contribution < 1.29 is 9.47 Å². The number of hydrogen-bond acceptors (Lipinski definition) is 5. The summed E-state index contributed by atoms with van der Waals surface area (Å²) in [7, 11) is 1.82. The van der Waals surface area contributed by atoms with Gasteiger partial charge in [-0.1, -0.05) is 12.8 Å². The van der Waals surface area contributed by atoms with Gasteiger partial charge in [-0.25, -0.2) is 0 Å². The Kier molecular flexibility index (Phi) is 3.67. The summed E-state index contributed by atoms with van der Waals surface area (Å²) < 4.78 is 11.5. The molecule has 0 amide bonds. The molecule has 2 fully saturated rings. The predicted octanol–water partition coefficient (Wildman–Crippen LogP) is 1.12. The maximum absolute atomic E-state index is 6.14. The van der Waals surface area contributed by atoms with Crippen molar-refractivity contribution in [1.29, 1.82) is 0 Å². The molecule has 19 heavy (non-hydrogen) atoms. The van der Waals surface area contributed by atoms with Gasteiger partial charge in [0.1, 0.15) is 0 Å². The minimum absolute atomic E-state index is 0.0109. The third-order valence-corrected chi connectivity index (χ3v) is 4.95. The number of nitrogens with zero attached hydrogens (tertiary/aromatic N) is 2. The smallest absolute Gasteiger partial charge is 0.192 e. The van der Waals surface area contributed by atoms with E-state index >= 15 is 0 Å². The van der Waals surface area contributed by atoms with E-state index in [0.717, 1.165) is 45.4 Å². The molecule has 0 radical (unpaired) electrons. The van der Waals surface area contributed by atoms with E-state index in [4.69, 9.17) is 15.2 Å². The predicted molar refractivity (Wildman–Crippen MR) is 74.2 cm³/mol. The van der Waals surface area contributed by atoms with E-state index in [1.54, 1.807) is 0 Å². The van der Waals surface area contributed by atoms with Crippen LogP contribution in [-0.2, 0) is 9.47 Å². The summed E-state index contributed by atoms with van der Waals surface area (Å²) in [5.41, 5.74) is 6.13. The number of guanidine groups is 1. The molecule has 1 spiro atoms. The van der Waals surface area contributed by atoms with Crippen LogP contribution in [0.5, 0.6) is 0 Å². The van der Waals surface area contributed by atoms with Crippen LogP contribution < -0.4 is 5.73 Å². The van der Waals surface area contributed by atoms with Crippen molar-refractivity contribution in [2.75, 3.05) is 26.8 Å². The summed E-state index contributed by atoms with van der Waals surface area (Å²) >= 11 is 0. The van der Waals surface area contributed by atoms with Crippen molar-refractivity contribution >= 4 is 5.96 Å². The lowest BCUT2D eigenvalue weighted by Crippen LogP contribution is -2.62. The topological polar surface area (TPSA) is 60.1 Å². The highest BCUT2D eigenvalue weighted by Crippen LogP contribution is 2.39. The number of ether oxygens (including phenoxy) is 2. The third kappa shape index (κ3) is 2.23. The van der Waals surface area contributed by atoms with Gasteiger partial charge in [-0.05, 0) is 25.7 Å². The van der Waals surface area contributed by atoms with Crippen molar-refractivity contribution in [3.63, 3.8) is 0 Å². The first-order chi connectivity index (χ1) is 9.26. The molecule has 3 unspecified atom stereocenters. The average molecular weight is 267 g/mol. The lowest BCUT2D eigenvalue weighted by molar-refractivity contribution is -0.0529. The summed E-state index contributed by atoms with van der Waals surface area (Å²) in [6, 6.07) is 0. The summed E-state index contributed by atoms with van der Waals surface area (Å²) in [5, 5.41) is 0. The van der Waals surface area contributed by atoms with E-state index in [-0.39, 0.29) is 11.6 Å². The zero-order valence-corrected chi connectivity index (χ0v) is 11.8. The van der Waals surface area contributed by atoms with Crippen LogP contribution in [0.25, 0.3) is 0 Å². The first-order valence-electron chi connectivity index (χ1n) is 7.48. The van der Waals surface area contributed by atoms with Gasteiger partial charge in [0.2, 0.25) is 0 Å². The summed E-state index contributed by atoms with van der Waals surface area (Å²) in [4.78, 5) is 6.81. The standard InChI is InChI=1S/C14H25N3O2/c1-18-12-6-2-3-7-14(12)10-16-13(15)17(14)9-11-5-4-8-19-11/h11-12H,2-10H2,1H3,(H2,15,16).